The lowest BCUT2D eigenvalue weighted by Gasteiger charge is -2.45. The first-order valence-corrected chi connectivity index (χ1v) is 8.12. The SMILES string of the molecule is C/C=C1\C2C=C(C)C[C@@]1(N=C(C)CC)c1ccc(=O)[nH]c1C2. The van der Waals surface area contributed by atoms with Crippen LogP contribution in [0.5, 0.6) is 0 Å². The third-order valence-electron chi connectivity index (χ3n) is 4.97. The topological polar surface area (TPSA) is 45.2 Å². The highest BCUT2D eigenvalue weighted by atomic mass is 16.1. The Morgan fingerprint density at radius 3 is 2.95 bits per heavy atom. The van der Waals surface area contributed by atoms with Crippen LogP contribution in [0.3, 0.4) is 0 Å². The minimum atomic E-state index is -0.323. The fourth-order valence-corrected chi connectivity index (χ4v) is 4.03. The lowest BCUT2D eigenvalue weighted by atomic mass is 9.63. The molecule has 0 aromatic carbocycles. The van der Waals surface area contributed by atoms with Crippen molar-refractivity contribution in [3.63, 3.8) is 0 Å². The molecule has 1 aromatic rings. The molecule has 1 unspecified atom stereocenters. The summed E-state index contributed by atoms with van der Waals surface area (Å²) in [6.07, 6.45) is 7.29. The maximum Gasteiger partial charge on any atom is 0.248 e. The summed E-state index contributed by atoms with van der Waals surface area (Å²) >= 11 is 0. The Balaban J connectivity index is 2.33. The first-order chi connectivity index (χ1) is 10.5. The van der Waals surface area contributed by atoms with Gasteiger partial charge in [-0.05, 0) is 45.3 Å². The van der Waals surface area contributed by atoms with E-state index in [0.29, 0.717) is 5.92 Å². The van der Waals surface area contributed by atoms with Gasteiger partial charge in [0.25, 0.3) is 0 Å². The number of aliphatic imine (C=N–C) groups is 1. The van der Waals surface area contributed by atoms with E-state index in [1.54, 1.807) is 6.07 Å². The lowest BCUT2D eigenvalue weighted by molar-refractivity contribution is 0.411. The van der Waals surface area contributed by atoms with Crippen molar-refractivity contribution < 1.29 is 0 Å². The Hall–Kier alpha value is -1.90. The zero-order chi connectivity index (χ0) is 15.9. The van der Waals surface area contributed by atoms with Crippen LogP contribution in [-0.2, 0) is 12.0 Å². The molecule has 0 fully saturated rings. The lowest BCUT2D eigenvalue weighted by Crippen LogP contribution is -2.41. The molecule has 22 heavy (non-hydrogen) atoms. The van der Waals surface area contributed by atoms with E-state index in [1.807, 2.05) is 6.07 Å². The Morgan fingerprint density at radius 1 is 1.50 bits per heavy atom. The van der Waals surface area contributed by atoms with Gasteiger partial charge in [-0.15, -0.1) is 0 Å². The van der Waals surface area contributed by atoms with Crippen molar-refractivity contribution in [3.05, 3.63) is 57.0 Å². The molecule has 1 heterocycles. The van der Waals surface area contributed by atoms with Crippen LogP contribution < -0.4 is 5.56 Å². The number of fused-ring (bicyclic) bond motifs is 4. The molecule has 2 bridgehead atoms. The van der Waals surface area contributed by atoms with E-state index in [-0.39, 0.29) is 11.1 Å². The molecular formula is C19H24N2O. The van der Waals surface area contributed by atoms with Crippen molar-refractivity contribution in [2.24, 2.45) is 10.9 Å². The molecule has 2 aliphatic rings. The number of allylic oxidation sites excluding steroid dienone is 2. The van der Waals surface area contributed by atoms with Gasteiger partial charge in [0.05, 0.1) is 0 Å². The first kappa shape index (κ1) is 15.0. The van der Waals surface area contributed by atoms with Crippen LogP contribution in [0.1, 0.15) is 51.8 Å². The predicted octanol–water partition coefficient (Wildman–Crippen LogP) is 3.91. The summed E-state index contributed by atoms with van der Waals surface area (Å²) in [7, 11) is 0. The molecule has 1 N–H and O–H groups in total. The van der Waals surface area contributed by atoms with Gasteiger partial charge in [-0.2, -0.15) is 0 Å². The maximum absolute atomic E-state index is 11.7. The van der Waals surface area contributed by atoms with Crippen LogP contribution in [0.4, 0.5) is 0 Å². The Bertz CT molecular complexity index is 751. The number of H-pyrrole nitrogens is 1. The van der Waals surface area contributed by atoms with E-state index < -0.39 is 0 Å². The predicted molar refractivity (Wildman–Crippen MR) is 91.5 cm³/mol. The Kier molecular flexibility index (Phi) is 3.67. The van der Waals surface area contributed by atoms with E-state index >= 15 is 0 Å². The normalized spacial score (nSPS) is 29.3. The number of nitrogens with zero attached hydrogens (tertiary/aromatic N) is 1. The average molecular weight is 296 g/mol. The van der Waals surface area contributed by atoms with Crippen LogP contribution in [0.2, 0.25) is 0 Å². The molecule has 3 nitrogen and oxygen atoms in total. The van der Waals surface area contributed by atoms with Gasteiger partial charge in [0.2, 0.25) is 5.56 Å². The molecule has 3 rings (SSSR count). The monoisotopic (exact) mass is 296 g/mol. The zero-order valence-corrected chi connectivity index (χ0v) is 13.9. The molecular weight excluding hydrogens is 272 g/mol. The Morgan fingerprint density at radius 2 is 2.27 bits per heavy atom. The molecule has 0 saturated heterocycles. The number of aromatic amines is 1. The van der Waals surface area contributed by atoms with E-state index in [9.17, 15) is 4.79 Å². The number of rotatable bonds is 2. The molecule has 0 aliphatic heterocycles. The molecule has 0 amide bonds. The summed E-state index contributed by atoms with van der Waals surface area (Å²) in [5, 5.41) is 0. The second kappa shape index (κ2) is 5.38. The summed E-state index contributed by atoms with van der Waals surface area (Å²) in [5.41, 5.74) is 5.82. The van der Waals surface area contributed by atoms with Crippen LogP contribution in [-0.4, -0.2) is 10.7 Å². The van der Waals surface area contributed by atoms with Gasteiger partial charge in [0, 0.05) is 35.4 Å². The van der Waals surface area contributed by atoms with Crippen molar-refractivity contribution in [3.8, 4) is 0 Å². The molecule has 2 aliphatic carbocycles. The second-order valence-electron chi connectivity index (χ2n) is 6.52. The quantitative estimate of drug-likeness (QED) is 0.652. The summed E-state index contributed by atoms with van der Waals surface area (Å²) < 4.78 is 0. The van der Waals surface area contributed by atoms with E-state index in [2.05, 4.69) is 44.8 Å². The molecule has 1 aromatic heterocycles. The third-order valence-corrected chi connectivity index (χ3v) is 4.97. The number of hydrogen-bond acceptors (Lipinski definition) is 2. The smallest absolute Gasteiger partial charge is 0.248 e. The highest BCUT2D eigenvalue weighted by Gasteiger charge is 2.46. The summed E-state index contributed by atoms with van der Waals surface area (Å²) in [4.78, 5) is 20.0. The molecule has 0 saturated carbocycles. The summed E-state index contributed by atoms with van der Waals surface area (Å²) in [6, 6.07) is 3.62. The molecule has 2 atom stereocenters. The molecule has 116 valence electrons. The third kappa shape index (κ3) is 2.20. The fraction of sp³-hybridized carbons (Fsp3) is 0.474. The maximum atomic E-state index is 11.7. The van der Waals surface area contributed by atoms with Crippen molar-refractivity contribution in [2.75, 3.05) is 0 Å². The number of hydrogen-bond donors (Lipinski definition) is 1. The highest BCUT2D eigenvalue weighted by Crippen LogP contribution is 2.52. The molecule has 0 spiro atoms. The fourth-order valence-electron chi connectivity index (χ4n) is 4.03. The van der Waals surface area contributed by atoms with Crippen molar-refractivity contribution in [2.45, 2.75) is 52.5 Å². The Labute approximate surface area is 131 Å². The average Bonchev–Trinajstić information content (AvgIpc) is 2.45. The van der Waals surface area contributed by atoms with Crippen LogP contribution >= 0.6 is 0 Å². The minimum absolute atomic E-state index is 0.0206. The van der Waals surface area contributed by atoms with Gasteiger partial charge in [-0.1, -0.05) is 24.6 Å². The standard InChI is InChI=1S/C19H24N2O/c1-5-13(4)21-19-11-12(3)9-14(15(19)6-2)10-17-16(19)7-8-18(22)20-17/h6-9,14H,5,10-11H2,1-4H3,(H,20,22)/b15-6+,21-13?/t14?,19-/m0/s1. The van der Waals surface area contributed by atoms with E-state index in [4.69, 9.17) is 4.99 Å². The van der Waals surface area contributed by atoms with Crippen LogP contribution in [0, 0.1) is 5.92 Å². The second-order valence-corrected chi connectivity index (χ2v) is 6.52. The van der Waals surface area contributed by atoms with Gasteiger partial charge >= 0.3 is 0 Å². The van der Waals surface area contributed by atoms with E-state index in [1.165, 1.54) is 16.7 Å². The van der Waals surface area contributed by atoms with Crippen molar-refractivity contribution >= 4 is 5.71 Å². The van der Waals surface area contributed by atoms with E-state index in [0.717, 1.165) is 30.7 Å². The van der Waals surface area contributed by atoms with Gasteiger partial charge in [0.1, 0.15) is 5.54 Å². The van der Waals surface area contributed by atoms with Gasteiger partial charge in [-0.3, -0.25) is 9.79 Å². The zero-order valence-electron chi connectivity index (χ0n) is 13.9. The summed E-state index contributed by atoms with van der Waals surface area (Å²) in [5.74, 6) is 0.345. The van der Waals surface area contributed by atoms with Gasteiger partial charge < -0.3 is 4.98 Å². The largest absolute Gasteiger partial charge is 0.326 e. The van der Waals surface area contributed by atoms with Gasteiger partial charge in [0.15, 0.2) is 0 Å². The number of aromatic nitrogens is 1. The number of pyridine rings is 1. The van der Waals surface area contributed by atoms with Crippen molar-refractivity contribution in [1.82, 2.24) is 4.98 Å². The van der Waals surface area contributed by atoms with Crippen molar-refractivity contribution in [1.29, 1.82) is 0 Å². The van der Waals surface area contributed by atoms with Gasteiger partial charge in [-0.25, -0.2) is 0 Å². The molecule has 0 radical (unpaired) electrons. The minimum Gasteiger partial charge on any atom is -0.326 e. The molecule has 3 heteroatoms. The number of nitrogens with one attached hydrogen (secondary N) is 1. The van der Waals surface area contributed by atoms with Crippen LogP contribution in [0.25, 0.3) is 0 Å². The highest BCUT2D eigenvalue weighted by molar-refractivity contribution is 5.82. The van der Waals surface area contributed by atoms with Crippen LogP contribution in [0.15, 0.2) is 45.2 Å². The first-order valence-electron chi connectivity index (χ1n) is 8.12. The summed E-state index contributed by atoms with van der Waals surface area (Å²) in [6.45, 7) is 8.55.